The molecule has 16 heavy (non-hydrogen) atoms. The summed E-state index contributed by atoms with van der Waals surface area (Å²) in [6.07, 6.45) is 3.29. The highest BCUT2D eigenvalue weighted by atomic mass is 16.4. The molecule has 0 heterocycles. The van der Waals surface area contributed by atoms with E-state index in [9.17, 15) is 9.59 Å². The zero-order valence-electron chi connectivity index (χ0n) is 9.61. The zero-order valence-corrected chi connectivity index (χ0v) is 9.61. The Morgan fingerprint density at radius 1 is 1.50 bits per heavy atom. The molecule has 2 atom stereocenters. The van der Waals surface area contributed by atoms with Gasteiger partial charge in [0.25, 0.3) is 0 Å². The number of carbonyl (C=O) groups is 2. The fourth-order valence-corrected chi connectivity index (χ4v) is 1.66. The molecule has 0 spiro atoms. The fraction of sp³-hybridized carbons (Fsp3) is 0.818. The lowest BCUT2D eigenvalue weighted by Gasteiger charge is -2.17. The molecule has 1 aliphatic carbocycles. The Balaban J connectivity index is 2.38. The topological polar surface area (TPSA) is 92.4 Å². The summed E-state index contributed by atoms with van der Waals surface area (Å²) in [5.74, 6) is -1.14. The van der Waals surface area contributed by atoms with Crippen molar-refractivity contribution in [1.82, 2.24) is 5.32 Å². The number of aliphatic carboxylic acids is 1. The number of nitrogens with one attached hydrogen (secondary N) is 1. The fourth-order valence-electron chi connectivity index (χ4n) is 1.66. The smallest absolute Gasteiger partial charge is 0.326 e. The van der Waals surface area contributed by atoms with Crippen LogP contribution in [0, 0.1) is 11.8 Å². The van der Waals surface area contributed by atoms with Gasteiger partial charge in [-0.3, -0.25) is 4.79 Å². The van der Waals surface area contributed by atoms with Crippen LogP contribution < -0.4 is 11.1 Å². The van der Waals surface area contributed by atoms with Gasteiger partial charge in [0.2, 0.25) is 5.91 Å². The molecule has 1 aliphatic rings. The number of rotatable bonds is 7. The van der Waals surface area contributed by atoms with Crippen molar-refractivity contribution in [2.24, 2.45) is 17.6 Å². The number of carboxylic acid groups (broad SMARTS) is 1. The first-order valence-corrected chi connectivity index (χ1v) is 5.79. The van der Waals surface area contributed by atoms with Crippen LogP contribution in [-0.2, 0) is 9.59 Å². The van der Waals surface area contributed by atoms with Gasteiger partial charge in [0.05, 0.1) is 0 Å². The molecule has 0 aromatic carbocycles. The van der Waals surface area contributed by atoms with Gasteiger partial charge in [0, 0.05) is 5.92 Å². The number of amides is 1. The third-order valence-electron chi connectivity index (χ3n) is 2.95. The first-order chi connectivity index (χ1) is 7.56. The molecule has 0 aliphatic heterocycles. The predicted octanol–water partition coefficient (Wildman–Crippen LogP) is 0.341. The predicted molar refractivity (Wildman–Crippen MR) is 59.7 cm³/mol. The van der Waals surface area contributed by atoms with Gasteiger partial charge in [-0.15, -0.1) is 0 Å². The second kappa shape index (κ2) is 5.84. The van der Waals surface area contributed by atoms with Crippen LogP contribution in [0.5, 0.6) is 0 Å². The Kier molecular flexibility index (Phi) is 4.73. The molecule has 0 aromatic heterocycles. The molecule has 92 valence electrons. The van der Waals surface area contributed by atoms with Gasteiger partial charge in [0.15, 0.2) is 0 Å². The van der Waals surface area contributed by atoms with E-state index in [0.717, 1.165) is 19.3 Å². The van der Waals surface area contributed by atoms with E-state index < -0.39 is 12.0 Å². The van der Waals surface area contributed by atoms with E-state index in [1.54, 1.807) is 6.92 Å². The van der Waals surface area contributed by atoms with Gasteiger partial charge in [-0.1, -0.05) is 6.92 Å². The van der Waals surface area contributed by atoms with E-state index in [-0.39, 0.29) is 17.7 Å². The highest BCUT2D eigenvalue weighted by Gasteiger charge is 2.37. The molecule has 5 heteroatoms. The van der Waals surface area contributed by atoms with E-state index in [4.69, 9.17) is 10.8 Å². The SMILES string of the molecule is CC(CCCN)C(=O)NC(C(=O)O)C1CC1. The third-order valence-corrected chi connectivity index (χ3v) is 2.95. The van der Waals surface area contributed by atoms with Crippen LogP contribution >= 0.6 is 0 Å². The lowest BCUT2D eigenvalue weighted by atomic mass is 10.0. The van der Waals surface area contributed by atoms with Gasteiger partial charge < -0.3 is 16.2 Å². The van der Waals surface area contributed by atoms with Crippen LogP contribution in [0.4, 0.5) is 0 Å². The van der Waals surface area contributed by atoms with Crippen LogP contribution in [0.15, 0.2) is 0 Å². The summed E-state index contributed by atoms with van der Waals surface area (Å²) in [5, 5.41) is 11.6. The number of hydrogen-bond acceptors (Lipinski definition) is 3. The summed E-state index contributed by atoms with van der Waals surface area (Å²) in [6.45, 7) is 2.36. The van der Waals surface area contributed by atoms with E-state index in [1.807, 2.05) is 0 Å². The van der Waals surface area contributed by atoms with E-state index in [2.05, 4.69) is 5.32 Å². The first-order valence-electron chi connectivity index (χ1n) is 5.79. The maximum Gasteiger partial charge on any atom is 0.326 e. The maximum atomic E-state index is 11.7. The van der Waals surface area contributed by atoms with Crippen molar-refractivity contribution in [2.75, 3.05) is 6.54 Å². The minimum atomic E-state index is -0.929. The molecule has 0 aromatic rings. The van der Waals surface area contributed by atoms with E-state index >= 15 is 0 Å². The van der Waals surface area contributed by atoms with Crippen molar-refractivity contribution in [3.8, 4) is 0 Å². The Labute approximate surface area is 95.4 Å². The molecule has 0 bridgehead atoms. The minimum Gasteiger partial charge on any atom is -0.480 e. The Bertz CT molecular complexity index is 264. The summed E-state index contributed by atoms with van der Waals surface area (Å²) in [4.78, 5) is 22.6. The Morgan fingerprint density at radius 3 is 2.56 bits per heavy atom. The zero-order chi connectivity index (χ0) is 12.1. The second-order valence-electron chi connectivity index (χ2n) is 4.49. The molecular formula is C11H20N2O3. The average Bonchev–Trinajstić information content (AvgIpc) is 3.05. The normalized spacial score (nSPS) is 18.9. The number of hydrogen-bond donors (Lipinski definition) is 3. The molecule has 0 radical (unpaired) electrons. The molecule has 1 fully saturated rings. The molecule has 2 unspecified atom stereocenters. The Morgan fingerprint density at radius 2 is 2.12 bits per heavy atom. The van der Waals surface area contributed by atoms with Gasteiger partial charge in [-0.2, -0.15) is 0 Å². The number of carbonyl (C=O) groups excluding carboxylic acids is 1. The van der Waals surface area contributed by atoms with Crippen molar-refractivity contribution < 1.29 is 14.7 Å². The minimum absolute atomic E-state index is 0.128. The third kappa shape index (κ3) is 3.81. The van der Waals surface area contributed by atoms with Crippen molar-refractivity contribution in [3.05, 3.63) is 0 Å². The quantitative estimate of drug-likeness (QED) is 0.586. The van der Waals surface area contributed by atoms with Crippen LogP contribution in [-0.4, -0.2) is 29.6 Å². The van der Waals surface area contributed by atoms with Crippen LogP contribution in [0.3, 0.4) is 0 Å². The van der Waals surface area contributed by atoms with Crippen LogP contribution in [0.1, 0.15) is 32.6 Å². The number of carboxylic acids is 1. The van der Waals surface area contributed by atoms with Crippen molar-refractivity contribution in [3.63, 3.8) is 0 Å². The molecule has 1 amide bonds. The molecule has 1 saturated carbocycles. The summed E-state index contributed by atoms with van der Waals surface area (Å²) < 4.78 is 0. The maximum absolute atomic E-state index is 11.7. The lowest BCUT2D eigenvalue weighted by Crippen LogP contribution is -2.44. The van der Waals surface area contributed by atoms with Gasteiger partial charge in [-0.05, 0) is 38.1 Å². The molecular weight excluding hydrogens is 208 g/mol. The number of nitrogens with two attached hydrogens (primary N) is 1. The van der Waals surface area contributed by atoms with E-state index in [0.29, 0.717) is 13.0 Å². The lowest BCUT2D eigenvalue weighted by molar-refractivity contribution is -0.143. The van der Waals surface area contributed by atoms with Gasteiger partial charge in [-0.25, -0.2) is 4.79 Å². The Hall–Kier alpha value is -1.10. The summed E-state index contributed by atoms with van der Waals surface area (Å²) >= 11 is 0. The first kappa shape index (κ1) is 13.0. The summed E-state index contributed by atoms with van der Waals surface area (Å²) in [7, 11) is 0. The van der Waals surface area contributed by atoms with Crippen LogP contribution in [0.25, 0.3) is 0 Å². The van der Waals surface area contributed by atoms with Crippen LogP contribution in [0.2, 0.25) is 0 Å². The largest absolute Gasteiger partial charge is 0.480 e. The average molecular weight is 228 g/mol. The molecule has 1 rings (SSSR count). The van der Waals surface area contributed by atoms with Crippen molar-refractivity contribution >= 4 is 11.9 Å². The highest BCUT2D eigenvalue weighted by Crippen LogP contribution is 2.32. The van der Waals surface area contributed by atoms with Crippen molar-refractivity contribution in [2.45, 2.75) is 38.6 Å². The second-order valence-corrected chi connectivity index (χ2v) is 4.49. The monoisotopic (exact) mass is 228 g/mol. The van der Waals surface area contributed by atoms with E-state index in [1.165, 1.54) is 0 Å². The summed E-state index contributed by atoms with van der Waals surface area (Å²) in [6, 6.07) is -0.701. The standard InChI is InChI=1S/C11H20N2O3/c1-7(3-2-6-12)10(14)13-9(11(15)16)8-4-5-8/h7-9H,2-6,12H2,1H3,(H,13,14)(H,15,16). The molecule has 0 saturated heterocycles. The van der Waals surface area contributed by atoms with Crippen molar-refractivity contribution in [1.29, 1.82) is 0 Å². The summed E-state index contributed by atoms with van der Waals surface area (Å²) in [5.41, 5.74) is 5.36. The van der Waals surface area contributed by atoms with Gasteiger partial charge >= 0.3 is 5.97 Å². The van der Waals surface area contributed by atoms with Gasteiger partial charge in [0.1, 0.15) is 6.04 Å². The molecule has 4 N–H and O–H groups in total. The molecule has 5 nitrogen and oxygen atoms in total. The highest BCUT2D eigenvalue weighted by molar-refractivity contribution is 5.85.